The number of rotatable bonds is 8. The number of esters is 2. The monoisotopic (exact) mass is 369 g/mol. The largest absolute Gasteiger partial charge is 0.467 e. The van der Waals surface area contributed by atoms with Gasteiger partial charge in [-0.3, -0.25) is 0 Å². The lowest BCUT2D eigenvalue weighted by molar-refractivity contribution is -0.166. The Kier molecular flexibility index (Phi) is 7.14. The first kappa shape index (κ1) is 20.2. The molecule has 142 valence electrons. The average Bonchev–Trinajstić information content (AvgIpc) is 2.71. The van der Waals surface area contributed by atoms with Crippen molar-refractivity contribution in [3.63, 3.8) is 0 Å². The number of hydrogen-bond acceptors (Lipinski definition) is 6. The van der Waals surface area contributed by atoms with Crippen molar-refractivity contribution in [1.29, 1.82) is 0 Å². The molecule has 2 atom stereocenters. The Morgan fingerprint density at radius 2 is 1.70 bits per heavy atom. The van der Waals surface area contributed by atoms with E-state index in [2.05, 4.69) is 5.32 Å². The predicted octanol–water partition coefficient (Wildman–Crippen LogP) is 2.65. The van der Waals surface area contributed by atoms with Gasteiger partial charge < -0.3 is 19.9 Å². The molecule has 2 aromatic carbocycles. The maximum Gasteiger partial charge on any atom is 0.344 e. The summed E-state index contributed by atoms with van der Waals surface area (Å²) >= 11 is 0. The zero-order chi connectivity index (χ0) is 19.7. The molecule has 0 unspecified atom stereocenters. The Hall–Kier alpha value is -3.12. The van der Waals surface area contributed by atoms with Gasteiger partial charge in [-0.15, -0.1) is 0 Å². The van der Waals surface area contributed by atoms with Crippen LogP contribution in [0.3, 0.4) is 0 Å². The molecule has 0 aliphatic heterocycles. The van der Waals surface area contributed by atoms with Crippen LogP contribution in [0, 0.1) is 0 Å². The number of aliphatic hydroxyl groups is 1. The zero-order valence-corrected chi connectivity index (χ0v) is 15.3. The lowest BCUT2D eigenvalue weighted by atomic mass is 9.92. The number of para-hydroxylation sites is 1. The first-order valence-electron chi connectivity index (χ1n) is 8.54. The highest BCUT2D eigenvalue weighted by Gasteiger charge is 2.48. The highest BCUT2D eigenvalue weighted by molar-refractivity contribution is 5.94. The van der Waals surface area contributed by atoms with Crippen molar-refractivity contribution in [2.45, 2.75) is 18.6 Å². The molecule has 0 heterocycles. The summed E-state index contributed by atoms with van der Waals surface area (Å²) < 4.78 is 9.83. The fraction of sp³-hybridized carbons (Fsp3) is 0.238. The Balaban J connectivity index is 2.44. The van der Waals surface area contributed by atoms with Gasteiger partial charge in [0, 0.05) is 5.69 Å². The van der Waals surface area contributed by atoms with Crippen LogP contribution in [0.1, 0.15) is 12.5 Å². The van der Waals surface area contributed by atoms with Gasteiger partial charge in [0.2, 0.25) is 5.60 Å². The van der Waals surface area contributed by atoms with Crippen molar-refractivity contribution >= 4 is 23.7 Å². The van der Waals surface area contributed by atoms with Gasteiger partial charge in [-0.2, -0.15) is 0 Å². The Bertz CT molecular complexity index is 776. The maximum absolute atomic E-state index is 12.5. The second-order valence-electron chi connectivity index (χ2n) is 5.76. The van der Waals surface area contributed by atoms with Crippen LogP contribution < -0.4 is 5.32 Å². The Labute approximate surface area is 158 Å². The van der Waals surface area contributed by atoms with E-state index in [1.165, 1.54) is 6.08 Å². The van der Waals surface area contributed by atoms with E-state index in [0.717, 1.165) is 12.7 Å². The molecule has 6 heteroatoms. The van der Waals surface area contributed by atoms with Crippen molar-refractivity contribution in [1.82, 2.24) is 0 Å². The minimum absolute atomic E-state index is 0.103. The number of carbonyl (C=O) groups excluding carboxylic acids is 2. The standard InChI is InChI=1S/C21H23NO5/c1-3-27-19(23)18(22-17-12-8-5-9-13-17)21(25,20(24)26-2)15-14-16-10-6-4-7-11-16/h4-15,18,22,25H,3H2,1-2H3/b15-14+/t18-,21-/m1/s1. The summed E-state index contributed by atoms with van der Waals surface area (Å²) in [6.07, 6.45) is 2.79. The van der Waals surface area contributed by atoms with E-state index in [0.29, 0.717) is 5.69 Å². The summed E-state index contributed by atoms with van der Waals surface area (Å²) in [6, 6.07) is 16.5. The van der Waals surface area contributed by atoms with Crippen molar-refractivity contribution in [3.8, 4) is 0 Å². The van der Waals surface area contributed by atoms with Gasteiger partial charge in [0.25, 0.3) is 0 Å². The van der Waals surface area contributed by atoms with E-state index >= 15 is 0 Å². The Morgan fingerprint density at radius 3 is 2.26 bits per heavy atom. The normalized spacial score (nSPS) is 14.2. The summed E-state index contributed by atoms with van der Waals surface area (Å²) in [7, 11) is 1.15. The van der Waals surface area contributed by atoms with Crippen LogP contribution in [0.5, 0.6) is 0 Å². The first-order chi connectivity index (χ1) is 13.0. The van der Waals surface area contributed by atoms with Gasteiger partial charge in [-0.05, 0) is 30.7 Å². The average molecular weight is 369 g/mol. The smallest absolute Gasteiger partial charge is 0.344 e. The van der Waals surface area contributed by atoms with E-state index in [1.807, 2.05) is 24.3 Å². The van der Waals surface area contributed by atoms with Gasteiger partial charge in [0.1, 0.15) is 0 Å². The molecule has 0 amide bonds. The molecule has 0 fully saturated rings. The molecule has 0 saturated carbocycles. The van der Waals surface area contributed by atoms with Gasteiger partial charge in [-0.1, -0.05) is 54.6 Å². The van der Waals surface area contributed by atoms with Crippen molar-refractivity contribution in [2.75, 3.05) is 19.0 Å². The molecule has 0 radical (unpaired) electrons. The quantitative estimate of drug-likeness (QED) is 0.696. The molecule has 27 heavy (non-hydrogen) atoms. The number of hydrogen-bond donors (Lipinski definition) is 2. The van der Waals surface area contributed by atoms with E-state index < -0.39 is 23.6 Å². The topological polar surface area (TPSA) is 84.9 Å². The SMILES string of the molecule is CCOC(=O)[C@@H](Nc1ccccc1)[C@](O)(/C=C/c1ccccc1)C(=O)OC. The maximum atomic E-state index is 12.5. The third-order valence-corrected chi connectivity index (χ3v) is 3.89. The molecular formula is C21H23NO5. The number of carbonyl (C=O) groups is 2. The number of benzene rings is 2. The molecule has 2 N–H and O–H groups in total. The molecule has 0 aliphatic rings. The lowest BCUT2D eigenvalue weighted by Gasteiger charge is -2.30. The second kappa shape index (κ2) is 9.54. The molecule has 0 bridgehead atoms. The summed E-state index contributed by atoms with van der Waals surface area (Å²) in [5, 5.41) is 14.0. The molecule has 2 aromatic rings. The van der Waals surface area contributed by atoms with Crippen LogP contribution in [0.2, 0.25) is 0 Å². The molecule has 2 rings (SSSR count). The fourth-order valence-electron chi connectivity index (χ4n) is 2.51. The van der Waals surface area contributed by atoms with Crippen molar-refractivity contribution < 1.29 is 24.2 Å². The van der Waals surface area contributed by atoms with Gasteiger partial charge >= 0.3 is 11.9 Å². The van der Waals surface area contributed by atoms with Crippen LogP contribution in [0.15, 0.2) is 66.7 Å². The fourth-order valence-corrected chi connectivity index (χ4v) is 2.51. The van der Waals surface area contributed by atoms with Crippen LogP contribution in [0.25, 0.3) is 6.08 Å². The number of methoxy groups -OCH3 is 1. The molecule has 0 saturated heterocycles. The number of anilines is 1. The van der Waals surface area contributed by atoms with Crippen LogP contribution in [-0.4, -0.2) is 42.4 Å². The van der Waals surface area contributed by atoms with Gasteiger partial charge in [0.05, 0.1) is 13.7 Å². The number of nitrogens with one attached hydrogen (secondary N) is 1. The predicted molar refractivity (Wildman–Crippen MR) is 103 cm³/mol. The second-order valence-corrected chi connectivity index (χ2v) is 5.76. The van der Waals surface area contributed by atoms with Crippen LogP contribution in [-0.2, 0) is 19.1 Å². The molecular weight excluding hydrogens is 346 g/mol. The van der Waals surface area contributed by atoms with Crippen LogP contribution >= 0.6 is 0 Å². The number of ether oxygens (including phenoxy) is 2. The van der Waals surface area contributed by atoms with E-state index in [9.17, 15) is 14.7 Å². The highest BCUT2D eigenvalue weighted by atomic mass is 16.5. The zero-order valence-electron chi connectivity index (χ0n) is 15.3. The van der Waals surface area contributed by atoms with Crippen molar-refractivity contribution in [2.24, 2.45) is 0 Å². The minimum Gasteiger partial charge on any atom is -0.467 e. The van der Waals surface area contributed by atoms with Gasteiger partial charge in [-0.25, -0.2) is 9.59 Å². The van der Waals surface area contributed by atoms with E-state index in [-0.39, 0.29) is 6.61 Å². The summed E-state index contributed by atoms with van der Waals surface area (Å²) in [5.74, 6) is -1.75. The molecule has 0 aromatic heterocycles. The van der Waals surface area contributed by atoms with E-state index in [1.54, 1.807) is 49.4 Å². The summed E-state index contributed by atoms with van der Waals surface area (Å²) in [5.41, 5.74) is -0.972. The Morgan fingerprint density at radius 1 is 1.11 bits per heavy atom. The highest BCUT2D eigenvalue weighted by Crippen LogP contribution is 2.23. The van der Waals surface area contributed by atoms with Crippen LogP contribution in [0.4, 0.5) is 5.69 Å². The summed E-state index contributed by atoms with van der Waals surface area (Å²) in [4.78, 5) is 25.0. The molecule has 0 spiro atoms. The molecule has 0 aliphatic carbocycles. The summed E-state index contributed by atoms with van der Waals surface area (Å²) in [6.45, 7) is 1.75. The lowest BCUT2D eigenvalue weighted by Crippen LogP contribution is -2.56. The third kappa shape index (κ3) is 5.18. The molecule has 6 nitrogen and oxygen atoms in total. The first-order valence-corrected chi connectivity index (χ1v) is 8.54. The third-order valence-electron chi connectivity index (χ3n) is 3.89. The van der Waals surface area contributed by atoms with Crippen molar-refractivity contribution in [3.05, 3.63) is 72.3 Å². The van der Waals surface area contributed by atoms with Gasteiger partial charge in [0.15, 0.2) is 6.04 Å². The minimum atomic E-state index is -2.27. The van der Waals surface area contributed by atoms with E-state index in [4.69, 9.17) is 9.47 Å².